The summed E-state index contributed by atoms with van der Waals surface area (Å²) < 4.78 is 29.8. The molecular weight excluding hydrogens is 234 g/mol. The molecule has 0 spiro atoms. The Morgan fingerprint density at radius 1 is 1.50 bits per heavy atom. The summed E-state index contributed by atoms with van der Waals surface area (Å²) in [5.74, 6) is -1.05. The first-order valence-electron chi connectivity index (χ1n) is 5.02. The molecule has 1 rings (SSSR count). The second kappa shape index (κ2) is 4.31. The number of hydrogen-bond donors (Lipinski definition) is 1. The summed E-state index contributed by atoms with van der Waals surface area (Å²) >= 11 is 0. The van der Waals surface area contributed by atoms with Crippen molar-refractivity contribution in [1.82, 2.24) is 4.31 Å². The zero-order valence-electron chi connectivity index (χ0n) is 9.63. The van der Waals surface area contributed by atoms with Gasteiger partial charge in [-0.3, -0.25) is 0 Å². The van der Waals surface area contributed by atoms with Crippen molar-refractivity contribution >= 4 is 16.0 Å². The van der Waals surface area contributed by atoms with Gasteiger partial charge in [-0.05, 0) is 20.8 Å². The summed E-state index contributed by atoms with van der Waals surface area (Å²) in [6, 6.07) is 0. The molecule has 0 atom stereocenters. The van der Waals surface area contributed by atoms with E-state index in [0.29, 0.717) is 0 Å². The molecule has 0 radical (unpaired) electrons. The summed E-state index contributed by atoms with van der Waals surface area (Å²) in [4.78, 5) is 10.3. The molecule has 0 aliphatic carbocycles. The number of sulfonamides is 1. The van der Waals surface area contributed by atoms with Crippen LogP contribution in [-0.4, -0.2) is 54.3 Å². The molecule has 0 unspecified atom stereocenters. The van der Waals surface area contributed by atoms with Crippen LogP contribution >= 0.6 is 0 Å². The average molecular weight is 251 g/mol. The number of carboxylic acids is 1. The monoisotopic (exact) mass is 251 g/mol. The molecule has 6 nitrogen and oxygen atoms in total. The average Bonchev–Trinajstić information content (AvgIpc) is 2.09. The third kappa shape index (κ3) is 2.72. The van der Waals surface area contributed by atoms with Gasteiger partial charge in [0.25, 0.3) is 0 Å². The van der Waals surface area contributed by atoms with Gasteiger partial charge in [0.05, 0.1) is 10.9 Å². The lowest BCUT2D eigenvalue weighted by Crippen LogP contribution is -2.64. The maximum absolute atomic E-state index is 11.7. The highest BCUT2D eigenvalue weighted by molar-refractivity contribution is 7.89. The summed E-state index contributed by atoms with van der Waals surface area (Å²) in [5, 5.41) is 7.99. The fourth-order valence-corrected chi connectivity index (χ4v) is 3.01. The molecule has 1 aliphatic rings. The Labute approximate surface area is 95.2 Å². The van der Waals surface area contributed by atoms with Crippen LogP contribution in [0.1, 0.15) is 20.8 Å². The maximum Gasteiger partial charge on any atom is 0.329 e. The van der Waals surface area contributed by atoms with Crippen molar-refractivity contribution in [2.75, 3.05) is 19.7 Å². The van der Waals surface area contributed by atoms with E-state index < -0.39 is 33.5 Å². The van der Waals surface area contributed by atoms with Gasteiger partial charge in [-0.2, -0.15) is 4.31 Å². The Bertz CT molecular complexity index is 369. The van der Waals surface area contributed by atoms with Gasteiger partial charge in [-0.25, -0.2) is 13.2 Å². The fourth-order valence-electron chi connectivity index (χ4n) is 1.51. The minimum absolute atomic E-state index is 0.223. The van der Waals surface area contributed by atoms with E-state index in [1.165, 1.54) is 4.31 Å². The predicted octanol–water partition coefficient (Wildman–Crippen LogP) is -0.0999. The number of hydrogen-bond acceptors (Lipinski definition) is 4. The molecule has 0 saturated carbocycles. The Balaban J connectivity index is 2.51. The number of rotatable bonds is 5. The molecule has 0 aromatic heterocycles. The minimum Gasteiger partial charge on any atom is -0.480 e. The second-order valence-corrected chi connectivity index (χ2v) is 6.98. The third-order valence-electron chi connectivity index (χ3n) is 2.52. The Morgan fingerprint density at radius 3 is 2.38 bits per heavy atom. The fraction of sp³-hybridized carbons (Fsp3) is 0.889. The van der Waals surface area contributed by atoms with Crippen LogP contribution < -0.4 is 0 Å². The van der Waals surface area contributed by atoms with Crippen molar-refractivity contribution in [2.45, 2.75) is 31.6 Å². The van der Waals surface area contributed by atoms with Crippen LogP contribution in [0.15, 0.2) is 0 Å². The molecule has 1 N–H and O–H groups in total. The minimum atomic E-state index is -3.24. The number of carboxylic acid groups (broad SMARTS) is 1. The summed E-state index contributed by atoms with van der Waals surface area (Å²) in [7, 11) is -3.24. The Kier molecular flexibility index (Phi) is 3.61. The van der Waals surface area contributed by atoms with Crippen LogP contribution in [0.2, 0.25) is 0 Å². The molecule has 1 aliphatic heterocycles. The van der Waals surface area contributed by atoms with Crippen LogP contribution in [0.4, 0.5) is 0 Å². The maximum atomic E-state index is 11.7. The third-order valence-corrected chi connectivity index (χ3v) is 4.69. The molecule has 0 aromatic carbocycles. The number of aliphatic carboxylic acids is 1. The van der Waals surface area contributed by atoms with Crippen molar-refractivity contribution in [3.05, 3.63) is 0 Å². The van der Waals surface area contributed by atoms with E-state index in [2.05, 4.69) is 0 Å². The largest absolute Gasteiger partial charge is 0.480 e. The number of nitrogens with zero attached hydrogens (tertiary/aromatic N) is 1. The van der Waals surface area contributed by atoms with Crippen molar-refractivity contribution in [2.24, 2.45) is 0 Å². The van der Waals surface area contributed by atoms with E-state index in [1.54, 1.807) is 20.8 Å². The zero-order chi connectivity index (χ0) is 12.6. The lowest BCUT2D eigenvalue weighted by molar-refractivity contribution is -0.157. The summed E-state index contributed by atoms with van der Waals surface area (Å²) in [6.45, 7) is 4.99. The molecule has 1 saturated heterocycles. The molecule has 94 valence electrons. The predicted molar refractivity (Wildman–Crippen MR) is 57.6 cm³/mol. The molecule has 0 aromatic rings. The summed E-state index contributed by atoms with van der Waals surface area (Å²) in [6.07, 6.45) is 0. The van der Waals surface area contributed by atoms with Gasteiger partial charge in [-0.1, -0.05) is 0 Å². The topological polar surface area (TPSA) is 83.9 Å². The van der Waals surface area contributed by atoms with Crippen LogP contribution in [-0.2, 0) is 19.6 Å². The first-order valence-corrected chi connectivity index (χ1v) is 6.52. The normalized spacial score (nSPS) is 20.8. The highest BCUT2D eigenvalue weighted by atomic mass is 32.2. The van der Waals surface area contributed by atoms with E-state index in [1.807, 2.05) is 0 Å². The van der Waals surface area contributed by atoms with Crippen molar-refractivity contribution in [3.8, 4) is 0 Å². The number of carbonyl (C=O) groups is 1. The van der Waals surface area contributed by atoms with Gasteiger partial charge in [0.1, 0.15) is 6.61 Å². The van der Waals surface area contributed by atoms with Gasteiger partial charge in [0.2, 0.25) is 10.0 Å². The van der Waals surface area contributed by atoms with Crippen LogP contribution in [0.5, 0.6) is 0 Å². The van der Waals surface area contributed by atoms with E-state index in [9.17, 15) is 13.2 Å². The van der Waals surface area contributed by atoms with Gasteiger partial charge < -0.3 is 9.84 Å². The molecular formula is C9H17NO5S. The molecule has 16 heavy (non-hydrogen) atoms. The smallest absolute Gasteiger partial charge is 0.329 e. The lowest BCUT2D eigenvalue weighted by Gasteiger charge is -2.46. The molecule has 1 heterocycles. The van der Waals surface area contributed by atoms with Gasteiger partial charge in [0.15, 0.2) is 0 Å². The van der Waals surface area contributed by atoms with Crippen molar-refractivity contribution < 1.29 is 23.1 Å². The number of ether oxygens (including phenoxy) is 1. The molecule has 1 fully saturated rings. The van der Waals surface area contributed by atoms with Gasteiger partial charge in [-0.15, -0.1) is 0 Å². The molecule has 0 bridgehead atoms. The highest BCUT2D eigenvalue weighted by Crippen LogP contribution is 2.28. The Morgan fingerprint density at radius 2 is 2.00 bits per heavy atom. The lowest BCUT2D eigenvalue weighted by atomic mass is 10.0. The Hall–Kier alpha value is -0.660. The van der Waals surface area contributed by atoms with E-state index in [-0.39, 0.29) is 13.1 Å². The van der Waals surface area contributed by atoms with Crippen LogP contribution in [0.3, 0.4) is 0 Å². The standard InChI is InChI=1S/C9H17NO5S/c1-7(2)16(13,14)10-5-9(3,6-10)15-4-8(11)12/h7H,4-6H2,1-3H3,(H,11,12). The SMILES string of the molecule is CC(C)S(=O)(=O)N1CC(C)(OCC(=O)O)C1. The first kappa shape index (κ1) is 13.4. The second-order valence-electron chi connectivity index (χ2n) is 4.49. The zero-order valence-corrected chi connectivity index (χ0v) is 10.5. The van der Waals surface area contributed by atoms with Crippen LogP contribution in [0.25, 0.3) is 0 Å². The van der Waals surface area contributed by atoms with E-state index in [0.717, 1.165) is 0 Å². The molecule has 0 amide bonds. The van der Waals surface area contributed by atoms with E-state index >= 15 is 0 Å². The van der Waals surface area contributed by atoms with Crippen molar-refractivity contribution in [1.29, 1.82) is 0 Å². The van der Waals surface area contributed by atoms with Gasteiger partial charge in [0, 0.05) is 13.1 Å². The highest BCUT2D eigenvalue weighted by Gasteiger charge is 2.46. The van der Waals surface area contributed by atoms with Gasteiger partial charge >= 0.3 is 5.97 Å². The summed E-state index contributed by atoms with van der Waals surface area (Å²) in [5.41, 5.74) is -0.666. The van der Waals surface area contributed by atoms with Crippen LogP contribution in [0, 0.1) is 0 Å². The molecule has 7 heteroatoms. The van der Waals surface area contributed by atoms with Crippen molar-refractivity contribution in [3.63, 3.8) is 0 Å². The quantitative estimate of drug-likeness (QED) is 0.737. The van der Waals surface area contributed by atoms with E-state index in [4.69, 9.17) is 9.84 Å². The first-order chi connectivity index (χ1) is 7.17.